The van der Waals surface area contributed by atoms with Crippen molar-refractivity contribution in [2.45, 2.75) is 6.54 Å². The van der Waals surface area contributed by atoms with Crippen LogP contribution < -0.4 is 10.1 Å². The summed E-state index contributed by atoms with van der Waals surface area (Å²) in [6.45, 7) is 0.272. The summed E-state index contributed by atoms with van der Waals surface area (Å²) in [7, 11) is 1.37. The van der Waals surface area contributed by atoms with Crippen molar-refractivity contribution in [1.82, 2.24) is 10.3 Å². The second kappa shape index (κ2) is 6.95. The molecule has 3 aromatic rings. The highest BCUT2D eigenvalue weighted by Crippen LogP contribution is 2.20. The van der Waals surface area contributed by atoms with Crippen LogP contribution in [0.5, 0.6) is 5.75 Å². The number of amides is 1. The number of carbonyl (C=O) groups excluding carboxylic acids is 1. The van der Waals surface area contributed by atoms with Crippen LogP contribution in [0.4, 0.5) is 4.39 Å². The van der Waals surface area contributed by atoms with Crippen LogP contribution in [0.25, 0.3) is 11.3 Å². The van der Waals surface area contributed by atoms with Crippen LogP contribution >= 0.6 is 0 Å². The maximum atomic E-state index is 13.7. The summed E-state index contributed by atoms with van der Waals surface area (Å²) in [5.74, 6) is -0.151. The van der Waals surface area contributed by atoms with Crippen LogP contribution in [0.3, 0.4) is 0 Å². The van der Waals surface area contributed by atoms with Gasteiger partial charge < -0.3 is 14.5 Å². The lowest BCUT2D eigenvalue weighted by atomic mass is 10.1. The van der Waals surface area contributed by atoms with Crippen molar-refractivity contribution in [3.05, 3.63) is 72.0 Å². The van der Waals surface area contributed by atoms with E-state index in [2.05, 4.69) is 10.3 Å². The van der Waals surface area contributed by atoms with Gasteiger partial charge in [-0.1, -0.05) is 0 Å². The Morgan fingerprint density at radius 1 is 1.29 bits per heavy atom. The number of nitrogens with one attached hydrogen (secondary N) is 1. The van der Waals surface area contributed by atoms with Gasteiger partial charge in [-0.25, -0.2) is 4.39 Å². The van der Waals surface area contributed by atoms with Gasteiger partial charge >= 0.3 is 0 Å². The Kier molecular flexibility index (Phi) is 4.56. The van der Waals surface area contributed by atoms with Gasteiger partial charge in [-0.05, 0) is 42.0 Å². The minimum atomic E-state index is -0.577. The van der Waals surface area contributed by atoms with E-state index in [1.807, 2.05) is 12.1 Å². The standard InChI is InChI=1S/C18H15FN2O3/c1-23-17-5-4-13(8-15(17)19)18(22)21-10-12-7-14(11-20-9-12)16-3-2-6-24-16/h2-9,11H,10H2,1H3,(H,21,22). The lowest BCUT2D eigenvalue weighted by molar-refractivity contribution is 0.0950. The first-order chi connectivity index (χ1) is 11.7. The molecule has 0 radical (unpaired) electrons. The maximum absolute atomic E-state index is 13.7. The highest BCUT2D eigenvalue weighted by molar-refractivity contribution is 5.94. The normalized spacial score (nSPS) is 10.4. The van der Waals surface area contributed by atoms with Crippen molar-refractivity contribution >= 4 is 5.91 Å². The van der Waals surface area contributed by atoms with E-state index in [0.717, 1.165) is 17.2 Å². The minimum absolute atomic E-state index is 0.0990. The van der Waals surface area contributed by atoms with Gasteiger partial charge in [-0.2, -0.15) is 0 Å². The number of halogens is 1. The van der Waals surface area contributed by atoms with Crippen molar-refractivity contribution in [3.63, 3.8) is 0 Å². The van der Waals surface area contributed by atoms with E-state index < -0.39 is 5.82 Å². The Morgan fingerprint density at radius 2 is 2.17 bits per heavy atom. The van der Waals surface area contributed by atoms with Gasteiger partial charge in [0, 0.05) is 30.1 Å². The molecule has 0 atom stereocenters. The van der Waals surface area contributed by atoms with E-state index in [1.54, 1.807) is 24.7 Å². The number of hydrogen-bond acceptors (Lipinski definition) is 4. The van der Waals surface area contributed by atoms with Gasteiger partial charge in [0.05, 0.1) is 13.4 Å². The summed E-state index contributed by atoms with van der Waals surface area (Å²) in [4.78, 5) is 16.3. The molecule has 0 unspecified atom stereocenters. The number of nitrogens with zero attached hydrogens (tertiary/aromatic N) is 1. The molecule has 0 aliphatic heterocycles. The van der Waals surface area contributed by atoms with E-state index in [9.17, 15) is 9.18 Å². The van der Waals surface area contributed by atoms with E-state index in [4.69, 9.17) is 9.15 Å². The molecule has 3 rings (SSSR count). The Morgan fingerprint density at radius 3 is 2.88 bits per heavy atom. The third-order valence-electron chi connectivity index (χ3n) is 3.47. The molecule has 2 heterocycles. The van der Waals surface area contributed by atoms with Gasteiger partial charge in [-0.15, -0.1) is 0 Å². The average molecular weight is 326 g/mol. The summed E-state index contributed by atoms with van der Waals surface area (Å²) in [5, 5.41) is 2.74. The van der Waals surface area contributed by atoms with Crippen molar-refractivity contribution < 1.29 is 18.3 Å². The first kappa shape index (κ1) is 15.7. The van der Waals surface area contributed by atoms with Crippen molar-refractivity contribution in [2.75, 3.05) is 7.11 Å². The molecule has 0 spiro atoms. The van der Waals surface area contributed by atoms with Crippen LogP contribution in [0.15, 0.2) is 59.5 Å². The molecule has 24 heavy (non-hydrogen) atoms. The summed E-state index contributed by atoms with van der Waals surface area (Å²) >= 11 is 0. The molecule has 0 saturated carbocycles. The SMILES string of the molecule is COc1ccc(C(=O)NCc2cncc(-c3ccco3)c2)cc1F. The highest BCUT2D eigenvalue weighted by Gasteiger charge is 2.10. The van der Waals surface area contributed by atoms with Crippen LogP contribution in [0, 0.1) is 5.82 Å². The number of hydrogen-bond donors (Lipinski definition) is 1. The Labute approximate surface area is 138 Å². The van der Waals surface area contributed by atoms with Crippen LogP contribution in [-0.4, -0.2) is 18.0 Å². The fraction of sp³-hybridized carbons (Fsp3) is 0.111. The van der Waals surface area contributed by atoms with Gasteiger partial charge in [0.1, 0.15) is 5.76 Å². The minimum Gasteiger partial charge on any atom is -0.494 e. The number of methoxy groups -OCH3 is 1. The van der Waals surface area contributed by atoms with E-state index in [1.165, 1.54) is 19.2 Å². The third kappa shape index (κ3) is 3.43. The summed E-state index contributed by atoms with van der Waals surface area (Å²) in [5.41, 5.74) is 1.86. The summed E-state index contributed by atoms with van der Waals surface area (Å²) in [6.07, 6.45) is 4.92. The molecule has 1 amide bonds. The first-order valence-corrected chi connectivity index (χ1v) is 7.27. The summed E-state index contributed by atoms with van der Waals surface area (Å²) < 4.78 is 23.8. The zero-order valence-corrected chi connectivity index (χ0v) is 13.0. The van der Waals surface area contributed by atoms with E-state index >= 15 is 0 Å². The van der Waals surface area contributed by atoms with Gasteiger partial charge in [0.2, 0.25) is 0 Å². The second-order valence-electron chi connectivity index (χ2n) is 5.09. The average Bonchev–Trinajstić information content (AvgIpc) is 3.14. The molecule has 2 aromatic heterocycles. The summed E-state index contributed by atoms with van der Waals surface area (Å²) in [6, 6.07) is 9.58. The predicted octanol–water partition coefficient (Wildman–Crippen LogP) is 3.42. The number of furan rings is 1. The fourth-order valence-electron chi connectivity index (χ4n) is 2.25. The predicted molar refractivity (Wildman–Crippen MR) is 86.1 cm³/mol. The second-order valence-corrected chi connectivity index (χ2v) is 5.09. The number of rotatable bonds is 5. The van der Waals surface area contributed by atoms with Gasteiger partial charge in [0.15, 0.2) is 11.6 Å². The quantitative estimate of drug-likeness (QED) is 0.780. The number of pyridine rings is 1. The molecule has 0 fully saturated rings. The molecule has 0 bridgehead atoms. The van der Waals surface area contributed by atoms with E-state index in [0.29, 0.717) is 5.76 Å². The smallest absolute Gasteiger partial charge is 0.251 e. The Balaban J connectivity index is 1.68. The van der Waals surface area contributed by atoms with Gasteiger partial charge in [0.25, 0.3) is 5.91 Å². The Bertz CT molecular complexity index is 847. The molecule has 1 N–H and O–H groups in total. The number of benzene rings is 1. The molecule has 0 aliphatic carbocycles. The topological polar surface area (TPSA) is 64.4 Å². The van der Waals surface area contributed by atoms with Crippen molar-refractivity contribution in [2.24, 2.45) is 0 Å². The third-order valence-corrected chi connectivity index (χ3v) is 3.47. The monoisotopic (exact) mass is 326 g/mol. The molecule has 122 valence electrons. The molecule has 1 aromatic carbocycles. The maximum Gasteiger partial charge on any atom is 0.251 e. The first-order valence-electron chi connectivity index (χ1n) is 7.27. The van der Waals surface area contributed by atoms with Crippen LogP contribution in [0.2, 0.25) is 0 Å². The van der Waals surface area contributed by atoms with Crippen LogP contribution in [0.1, 0.15) is 15.9 Å². The number of carbonyl (C=O) groups is 1. The zero-order valence-electron chi connectivity index (χ0n) is 13.0. The Hall–Kier alpha value is -3.15. The lowest BCUT2D eigenvalue weighted by Gasteiger charge is -2.08. The van der Waals surface area contributed by atoms with E-state index in [-0.39, 0.29) is 23.8 Å². The molecular formula is C18H15FN2O3. The fourth-order valence-corrected chi connectivity index (χ4v) is 2.25. The molecule has 0 saturated heterocycles. The molecule has 6 heteroatoms. The number of ether oxygens (including phenoxy) is 1. The lowest BCUT2D eigenvalue weighted by Crippen LogP contribution is -2.23. The largest absolute Gasteiger partial charge is 0.494 e. The molecule has 5 nitrogen and oxygen atoms in total. The molecular weight excluding hydrogens is 311 g/mol. The van der Waals surface area contributed by atoms with Crippen LogP contribution in [-0.2, 0) is 6.54 Å². The van der Waals surface area contributed by atoms with Gasteiger partial charge in [-0.3, -0.25) is 9.78 Å². The zero-order chi connectivity index (χ0) is 16.9. The molecule has 0 aliphatic rings. The van der Waals surface area contributed by atoms with Crippen molar-refractivity contribution in [3.8, 4) is 17.1 Å². The van der Waals surface area contributed by atoms with Crippen molar-refractivity contribution in [1.29, 1.82) is 0 Å². The number of aromatic nitrogens is 1. The highest BCUT2D eigenvalue weighted by atomic mass is 19.1.